The van der Waals surface area contributed by atoms with Gasteiger partial charge in [-0.05, 0) is 48.9 Å². The fraction of sp³-hybridized carbons (Fsp3) is 0.308. The van der Waals surface area contributed by atoms with Gasteiger partial charge in [0.15, 0.2) is 0 Å². The van der Waals surface area contributed by atoms with Crippen LogP contribution in [-0.2, 0) is 13.1 Å². The second-order valence-corrected chi connectivity index (χ2v) is 8.18. The third kappa shape index (κ3) is 2.97. The molecule has 0 radical (unpaired) electrons. The number of fused-ring (bicyclic) bond motifs is 1. The first-order valence-electron chi connectivity index (χ1n) is 10.6. The Morgan fingerprint density at radius 2 is 0.964 bits per heavy atom. The highest BCUT2D eigenvalue weighted by Gasteiger charge is 2.49. The largest absolute Gasteiger partial charge is 0.343 e. The third-order valence-corrected chi connectivity index (χ3v) is 6.49. The van der Waals surface area contributed by atoms with E-state index in [9.17, 15) is 0 Å². The summed E-state index contributed by atoms with van der Waals surface area (Å²) >= 11 is 0. The Hall–Kier alpha value is -2.74. The summed E-state index contributed by atoms with van der Waals surface area (Å²) in [6.07, 6.45) is 6.45. The zero-order chi connectivity index (χ0) is 18.8. The molecule has 1 aliphatic carbocycles. The van der Waals surface area contributed by atoms with Crippen molar-refractivity contribution in [1.29, 1.82) is 0 Å². The molecule has 2 heteroatoms. The highest BCUT2D eigenvalue weighted by molar-refractivity contribution is 5.79. The molecule has 1 fully saturated rings. The molecule has 0 aromatic heterocycles. The molecule has 3 aromatic carbocycles. The predicted octanol–water partition coefficient (Wildman–Crippen LogP) is 6.37. The standard InChI is InChI=1S/C26H28N2/c1-4-12-22(13-5-1)20-27-24-16-8-9-17-25(24)28(21-23-14-6-2-7-15-23)26(27)18-10-3-11-19-26/h1-2,4-9,12-17H,3,10-11,18-21H2. The van der Waals surface area contributed by atoms with Crippen molar-refractivity contribution in [3.8, 4) is 0 Å². The Morgan fingerprint density at radius 1 is 0.536 bits per heavy atom. The Bertz CT molecular complexity index is 843. The third-order valence-electron chi connectivity index (χ3n) is 6.49. The number of hydrogen-bond donors (Lipinski definition) is 0. The normalized spacial score (nSPS) is 17.7. The van der Waals surface area contributed by atoms with E-state index in [4.69, 9.17) is 0 Å². The van der Waals surface area contributed by atoms with Crippen LogP contribution in [-0.4, -0.2) is 5.66 Å². The molecule has 28 heavy (non-hydrogen) atoms. The topological polar surface area (TPSA) is 6.48 Å². The molecule has 142 valence electrons. The molecule has 1 saturated carbocycles. The Labute approximate surface area is 168 Å². The molecular formula is C26H28N2. The van der Waals surface area contributed by atoms with E-state index in [0.717, 1.165) is 13.1 Å². The summed E-state index contributed by atoms with van der Waals surface area (Å²) in [4.78, 5) is 5.42. The van der Waals surface area contributed by atoms with Crippen molar-refractivity contribution in [2.75, 3.05) is 9.80 Å². The number of hydrogen-bond acceptors (Lipinski definition) is 2. The van der Waals surface area contributed by atoms with Gasteiger partial charge in [0, 0.05) is 13.1 Å². The van der Waals surface area contributed by atoms with Crippen LogP contribution < -0.4 is 9.80 Å². The van der Waals surface area contributed by atoms with Crippen molar-refractivity contribution < 1.29 is 0 Å². The zero-order valence-corrected chi connectivity index (χ0v) is 16.4. The minimum absolute atomic E-state index is 0.0909. The lowest BCUT2D eigenvalue weighted by Crippen LogP contribution is -2.57. The number of rotatable bonds is 4. The van der Waals surface area contributed by atoms with Gasteiger partial charge < -0.3 is 9.80 Å². The SMILES string of the molecule is c1ccc(CN2c3ccccc3N(Cc3ccccc3)C23CCCCC3)cc1. The Morgan fingerprint density at radius 3 is 1.43 bits per heavy atom. The van der Waals surface area contributed by atoms with Gasteiger partial charge in [0.05, 0.1) is 11.4 Å². The van der Waals surface area contributed by atoms with Crippen molar-refractivity contribution in [2.45, 2.75) is 50.9 Å². The highest BCUT2D eigenvalue weighted by Crippen LogP contribution is 2.52. The second kappa shape index (κ2) is 7.35. The van der Waals surface area contributed by atoms with Crippen LogP contribution in [0.1, 0.15) is 43.2 Å². The lowest BCUT2D eigenvalue weighted by atomic mass is 9.86. The summed E-state index contributed by atoms with van der Waals surface area (Å²) in [6, 6.07) is 30.9. The van der Waals surface area contributed by atoms with E-state index < -0.39 is 0 Å². The summed E-state index contributed by atoms with van der Waals surface area (Å²) < 4.78 is 0. The maximum Gasteiger partial charge on any atom is 0.113 e. The summed E-state index contributed by atoms with van der Waals surface area (Å²) in [7, 11) is 0. The molecule has 0 atom stereocenters. The van der Waals surface area contributed by atoms with Crippen molar-refractivity contribution in [3.63, 3.8) is 0 Å². The summed E-state index contributed by atoms with van der Waals surface area (Å²) in [5, 5.41) is 0. The van der Waals surface area contributed by atoms with E-state index in [-0.39, 0.29) is 5.66 Å². The van der Waals surface area contributed by atoms with Gasteiger partial charge in [0.1, 0.15) is 5.66 Å². The summed E-state index contributed by atoms with van der Waals surface area (Å²) in [6.45, 7) is 1.95. The summed E-state index contributed by atoms with van der Waals surface area (Å²) in [5.74, 6) is 0. The van der Waals surface area contributed by atoms with Crippen LogP contribution in [0.2, 0.25) is 0 Å². The quantitative estimate of drug-likeness (QED) is 0.527. The first-order chi connectivity index (χ1) is 13.9. The van der Waals surface area contributed by atoms with Crippen LogP contribution in [0, 0.1) is 0 Å². The van der Waals surface area contributed by atoms with E-state index in [1.54, 1.807) is 0 Å². The maximum absolute atomic E-state index is 2.71. The van der Waals surface area contributed by atoms with Crippen LogP contribution in [0.3, 0.4) is 0 Å². The van der Waals surface area contributed by atoms with Gasteiger partial charge in [0.2, 0.25) is 0 Å². The molecule has 1 spiro atoms. The van der Waals surface area contributed by atoms with Crippen LogP contribution in [0.15, 0.2) is 84.9 Å². The maximum atomic E-state index is 2.71. The van der Waals surface area contributed by atoms with E-state index in [1.807, 2.05) is 0 Å². The van der Waals surface area contributed by atoms with Crippen LogP contribution in [0.4, 0.5) is 11.4 Å². The van der Waals surface area contributed by atoms with Gasteiger partial charge >= 0.3 is 0 Å². The fourth-order valence-electron chi connectivity index (χ4n) is 5.17. The number of anilines is 2. The number of benzene rings is 3. The van der Waals surface area contributed by atoms with Gasteiger partial charge in [-0.2, -0.15) is 0 Å². The average Bonchev–Trinajstić information content (AvgIpc) is 2.99. The van der Waals surface area contributed by atoms with Gasteiger partial charge in [-0.25, -0.2) is 0 Å². The molecule has 0 amide bonds. The molecule has 0 bridgehead atoms. The fourth-order valence-corrected chi connectivity index (χ4v) is 5.17. The average molecular weight is 369 g/mol. The highest BCUT2D eigenvalue weighted by atomic mass is 15.5. The molecule has 1 heterocycles. The first-order valence-corrected chi connectivity index (χ1v) is 10.6. The molecule has 5 rings (SSSR count). The van der Waals surface area contributed by atoms with Crippen molar-refractivity contribution >= 4 is 11.4 Å². The van der Waals surface area contributed by atoms with Crippen LogP contribution in [0.5, 0.6) is 0 Å². The van der Waals surface area contributed by atoms with Crippen molar-refractivity contribution in [3.05, 3.63) is 96.1 Å². The summed E-state index contributed by atoms with van der Waals surface area (Å²) in [5.41, 5.74) is 5.66. The van der Waals surface area contributed by atoms with Gasteiger partial charge in [-0.1, -0.05) is 79.2 Å². The van der Waals surface area contributed by atoms with Gasteiger partial charge in [0.25, 0.3) is 0 Å². The lowest BCUT2D eigenvalue weighted by molar-refractivity contribution is 0.269. The van der Waals surface area contributed by atoms with E-state index in [1.165, 1.54) is 54.6 Å². The van der Waals surface area contributed by atoms with E-state index in [0.29, 0.717) is 0 Å². The van der Waals surface area contributed by atoms with Crippen molar-refractivity contribution in [1.82, 2.24) is 0 Å². The van der Waals surface area contributed by atoms with Gasteiger partial charge in [-0.3, -0.25) is 0 Å². The smallest absolute Gasteiger partial charge is 0.113 e. The minimum Gasteiger partial charge on any atom is -0.343 e. The number of para-hydroxylation sites is 2. The van der Waals surface area contributed by atoms with Crippen LogP contribution >= 0.6 is 0 Å². The minimum atomic E-state index is 0.0909. The monoisotopic (exact) mass is 368 g/mol. The predicted molar refractivity (Wildman–Crippen MR) is 118 cm³/mol. The Kier molecular flexibility index (Phi) is 4.56. The first kappa shape index (κ1) is 17.4. The Balaban J connectivity index is 1.59. The van der Waals surface area contributed by atoms with Crippen molar-refractivity contribution in [2.24, 2.45) is 0 Å². The molecule has 2 nitrogen and oxygen atoms in total. The number of nitrogens with zero attached hydrogens (tertiary/aromatic N) is 2. The van der Waals surface area contributed by atoms with Gasteiger partial charge in [-0.15, -0.1) is 0 Å². The van der Waals surface area contributed by atoms with E-state index >= 15 is 0 Å². The van der Waals surface area contributed by atoms with Crippen LogP contribution in [0.25, 0.3) is 0 Å². The molecule has 0 saturated heterocycles. The van der Waals surface area contributed by atoms with E-state index in [2.05, 4.69) is 94.7 Å². The molecule has 0 unspecified atom stereocenters. The second-order valence-electron chi connectivity index (χ2n) is 8.18. The molecular weight excluding hydrogens is 340 g/mol. The molecule has 1 aliphatic heterocycles. The molecule has 0 N–H and O–H groups in total. The lowest BCUT2D eigenvalue weighted by Gasteiger charge is -2.49. The zero-order valence-electron chi connectivity index (χ0n) is 16.4. The molecule has 3 aromatic rings. The molecule has 2 aliphatic rings.